The summed E-state index contributed by atoms with van der Waals surface area (Å²) in [6.07, 6.45) is 0. The smallest absolute Gasteiger partial charge is 0.304 e. The van der Waals surface area contributed by atoms with Crippen LogP contribution in [0.15, 0.2) is 71.6 Å². The van der Waals surface area contributed by atoms with Gasteiger partial charge in [0.25, 0.3) is 10.0 Å². The van der Waals surface area contributed by atoms with Crippen LogP contribution in [0.3, 0.4) is 0 Å². The maximum Gasteiger partial charge on any atom is 0.304 e. The number of anilines is 3. The van der Waals surface area contributed by atoms with Gasteiger partial charge in [0, 0.05) is 24.8 Å². The van der Waals surface area contributed by atoms with Crippen LogP contribution in [0.25, 0.3) is 0 Å². The first-order valence-electron chi connectivity index (χ1n) is 10.1. The molecule has 36 heavy (non-hydrogen) atoms. The number of carbonyl (C=O) groups is 1. The maximum absolute atomic E-state index is 14.3. The molecule has 3 aromatic rings. The third-order valence-corrected chi connectivity index (χ3v) is 8.51. The maximum atomic E-state index is 14.3. The molecule has 0 radical (unpaired) electrons. The molecule has 0 bridgehead atoms. The minimum absolute atomic E-state index is 0.113. The standard InChI is InChI=1S/C22H21Cl2FN4O5S2/c1-28(2)36(33,34)29(21-6-4-3-5-19(21)25)14-22(30)26-16-8-10-17(11-9-16)35(31,32)27-20-12-7-15(23)13-18(20)24/h3-13,27H,14H2,1-2H3,(H,26,30). The molecule has 0 heterocycles. The van der Waals surface area contributed by atoms with E-state index in [0.717, 1.165) is 10.4 Å². The topological polar surface area (TPSA) is 116 Å². The number of para-hydroxylation sites is 1. The van der Waals surface area contributed by atoms with E-state index in [9.17, 15) is 26.0 Å². The largest absolute Gasteiger partial charge is 0.325 e. The van der Waals surface area contributed by atoms with Gasteiger partial charge in [0.1, 0.15) is 12.4 Å². The Morgan fingerprint density at radius 1 is 0.944 bits per heavy atom. The summed E-state index contributed by atoms with van der Waals surface area (Å²) in [5.41, 5.74) is 0.0303. The summed E-state index contributed by atoms with van der Waals surface area (Å²) in [4.78, 5) is 12.5. The lowest BCUT2D eigenvalue weighted by Crippen LogP contribution is -2.44. The monoisotopic (exact) mass is 574 g/mol. The molecule has 3 aromatic carbocycles. The fourth-order valence-corrected chi connectivity index (χ4v) is 5.63. The first-order chi connectivity index (χ1) is 16.8. The van der Waals surface area contributed by atoms with E-state index < -0.39 is 38.5 Å². The van der Waals surface area contributed by atoms with Crippen molar-refractivity contribution >= 4 is 66.4 Å². The molecule has 1 amide bonds. The van der Waals surface area contributed by atoms with E-state index in [1.54, 1.807) is 0 Å². The number of nitrogens with zero attached hydrogens (tertiary/aromatic N) is 2. The first kappa shape index (κ1) is 27.7. The van der Waals surface area contributed by atoms with E-state index in [-0.39, 0.29) is 27.0 Å². The first-order valence-corrected chi connectivity index (χ1v) is 13.8. The van der Waals surface area contributed by atoms with Crippen molar-refractivity contribution in [2.45, 2.75) is 4.90 Å². The summed E-state index contributed by atoms with van der Waals surface area (Å²) < 4.78 is 69.0. The molecule has 0 saturated carbocycles. The molecule has 0 atom stereocenters. The minimum Gasteiger partial charge on any atom is -0.325 e. The van der Waals surface area contributed by atoms with Gasteiger partial charge < -0.3 is 5.32 Å². The number of carbonyl (C=O) groups excluding carboxylic acids is 1. The van der Waals surface area contributed by atoms with Crippen LogP contribution < -0.4 is 14.3 Å². The summed E-state index contributed by atoms with van der Waals surface area (Å²) in [5, 5.41) is 2.93. The zero-order valence-electron chi connectivity index (χ0n) is 18.9. The van der Waals surface area contributed by atoms with Crippen LogP contribution in [0.5, 0.6) is 0 Å². The van der Waals surface area contributed by atoms with E-state index in [4.69, 9.17) is 23.2 Å². The Morgan fingerprint density at radius 2 is 1.58 bits per heavy atom. The van der Waals surface area contributed by atoms with Crippen LogP contribution in [-0.4, -0.2) is 47.7 Å². The molecule has 3 rings (SSSR count). The highest BCUT2D eigenvalue weighted by atomic mass is 35.5. The summed E-state index contributed by atoms with van der Waals surface area (Å²) >= 11 is 11.8. The molecule has 0 saturated heterocycles. The highest BCUT2D eigenvalue weighted by Crippen LogP contribution is 2.28. The van der Waals surface area contributed by atoms with Crippen molar-refractivity contribution in [3.05, 3.63) is 82.6 Å². The van der Waals surface area contributed by atoms with E-state index >= 15 is 0 Å². The molecule has 0 unspecified atom stereocenters. The highest BCUT2D eigenvalue weighted by molar-refractivity contribution is 7.92. The Kier molecular flexibility index (Phi) is 8.47. The van der Waals surface area contributed by atoms with Crippen molar-refractivity contribution in [3.8, 4) is 0 Å². The number of hydrogen-bond acceptors (Lipinski definition) is 5. The molecule has 14 heteroatoms. The van der Waals surface area contributed by atoms with Crippen LogP contribution in [0, 0.1) is 5.82 Å². The van der Waals surface area contributed by atoms with Gasteiger partial charge in [-0.3, -0.25) is 9.52 Å². The summed E-state index contributed by atoms with van der Waals surface area (Å²) in [6.45, 7) is -0.724. The van der Waals surface area contributed by atoms with E-state index in [1.807, 2.05) is 0 Å². The van der Waals surface area contributed by atoms with Crippen molar-refractivity contribution in [1.29, 1.82) is 0 Å². The lowest BCUT2D eigenvalue weighted by atomic mass is 10.3. The average molecular weight is 575 g/mol. The zero-order valence-corrected chi connectivity index (χ0v) is 22.1. The molecule has 0 aromatic heterocycles. The van der Waals surface area contributed by atoms with Crippen LogP contribution >= 0.6 is 23.2 Å². The Bertz CT molecular complexity index is 1480. The van der Waals surface area contributed by atoms with Gasteiger partial charge in [0.2, 0.25) is 5.91 Å². The fourth-order valence-electron chi connectivity index (χ4n) is 2.97. The molecule has 0 aliphatic rings. The third-order valence-electron chi connectivity index (χ3n) is 4.77. The van der Waals surface area contributed by atoms with Crippen LogP contribution in [0.1, 0.15) is 0 Å². The number of nitrogens with one attached hydrogen (secondary N) is 2. The number of rotatable bonds is 9. The molecular weight excluding hydrogens is 554 g/mol. The quantitative estimate of drug-likeness (QED) is 0.397. The second-order valence-corrected chi connectivity index (χ2v) is 12.1. The second kappa shape index (κ2) is 11.0. The second-order valence-electron chi connectivity index (χ2n) is 7.55. The van der Waals surface area contributed by atoms with E-state index in [1.165, 1.54) is 74.8 Å². The number of amides is 1. The molecule has 0 aliphatic carbocycles. The van der Waals surface area contributed by atoms with Crippen molar-refractivity contribution in [1.82, 2.24) is 4.31 Å². The van der Waals surface area contributed by atoms with Crippen molar-refractivity contribution in [2.75, 3.05) is 35.0 Å². The Morgan fingerprint density at radius 3 is 2.17 bits per heavy atom. The molecule has 0 aliphatic heterocycles. The third kappa shape index (κ3) is 6.45. The molecule has 0 fully saturated rings. The SMILES string of the molecule is CN(C)S(=O)(=O)N(CC(=O)Nc1ccc(S(=O)(=O)Nc2ccc(Cl)cc2Cl)cc1)c1ccccc1F. The van der Waals surface area contributed by atoms with Crippen molar-refractivity contribution < 1.29 is 26.0 Å². The number of sulfonamides is 1. The molecular formula is C22H21Cl2FN4O5S2. The lowest BCUT2D eigenvalue weighted by molar-refractivity contribution is -0.114. The number of halogens is 3. The minimum atomic E-state index is -4.20. The number of benzene rings is 3. The Balaban J connectivity index is 1.77. The number of hydrogen-bond donors (Lipinski definition) is 2. The van der Waals surface area contributed by atoms with Gasteiger partial charge in [-0.25, -0.2) is 17.1 Å². The van der Waals surface area contributed by atoms with Crippen LogP contribution in [0.4, 0.5) is 21.5 Å². The molecule has 9 nitrogen and oxygen atoms in total. The molecule has 192 valence electrons. The van der Waals surface area contributed by atoms with Gasteiger partial charge in [0.05, 0.1) is 21.3 Å². The van der Waals surface area contributed by atoms with Crippen LogP contribution in [-0.2, 0) is 25.0 Å². The average Bonchev–Trinajstić information content (AvgIpc) is 2.80. The Hall–Kier alpha value is -2.90. The van der Waals surface area contributed by atoms with Gasteiger partial charge in [-0.1, -0.05) is 35.3 Å². The predicted octanol–water partition coefficient (Wildman–Crippen LogP) is 4.18. The summed E-state index contributed by atoms with van der Waals surface area (Å²) in [5.74, 6) is -1.59. The normalized spacial score (nSPS) is 11.8. The highest BCUT2D eigenvalue weighted by Gasteiger charge is 2.29. The molecule has 2 N–H and O–H groups in total. The van der Waals surface area contributed by atoms with Gasteiger partial charge in [-0.2, -0.15) is 12.7 Å². The predicted molar refractivity (Wildman–Crippen MR) is 139 cm³/mol. The fraction of sp³-hybridized carbons (Fsp3) is 0.136. The van der Waals surface area contributed by atoms with Crippen molar-refractivity contribution in [3.63, 3.8) is 0 Å². The lowest BCUT2D eigenvalue weighted by Gasteiger charge is -2.27. The van der Waals surface area contributed by atoms with Gasteiger partial charge >= 0.3 is 10.2 Å². The zero-order chi connectivity index (χ0) is 26.7. The van der Waals surface area contributed by atoms with Crippen molar-refractivity contribution in [2.24, 2.45) is 0 Å². The summed E-state index contributed by atoms with van der Waals surface area (Å²) in [7, 11) is -5.70. The van der Waals surface area contributed by atoms with Gasteiger partial charge in [-0.15, -0.1) is 0 Å². The molecule has 0 spiro atoms. The van der Waals surface area contributed by atoms with Crippen LogP contribution in [0.2, 0.25) is 10.0 Å². The van der Waals surface area contributed by atoms with Gasteiger partial charge in [-0.05, 0) is 54.6 Å². The van der Waals surface area contributed by atoms with E-state index in [2.05, 4.69) is 10.0 Å². The Labute approximate surface area is 218 Å². The summed E-state index contributed by atoms with van der Waals surface area (Å²) in [6, 6.07) is 14.6. The van der Waals surface area contributed by atoms with E-state index in [0.29, 0.717) is 9.33 Å². The van der Waals surface area contributed by atoms with Gasteiger partial charge in [0.15, 0.2) is 0 Å².